The minimum atomic E-state index is -1.14. The SMILES string of the molecule is CC(C)CC(NC(=O)C(C)NC(=O)C(N)Cc1ccccc1)C(=O)NC(C(=O)O)C(C)C. The van der Waals surface area contributed by atoms with Gasteiger partial charge in [-0.1, -0.05) is 58.0 Å². The molecule has 4 atom stereocenters. The quantitative estimate of drug-likeness (QED) is 0.319. The average Bonchev–Trinajstić information content (AvgIpc) is 2.70. The molecule has 4 unspecified atom stereocenters. The van der Waals surface area contributed by atoms with Gasteiger partial charge in [0, 0.05) is 0 Å². The maximum atomic E-state index is 12.7. The number of benzene rings is 1. The second-order valence-corrected chi connectivity index (χ2v) is 8.79. The van der Waals surface area contributed by atoms with Gasteiger partial charge in [0.2, 0.25) is 17.7 Å². The van der Waals surface area contributed by atoms with E-state index in [4.69, 9.17) is 5.73 Å². The molecular weight excluding hydrogens is 412 g/mol. The number of carbonyl (C=O) groups excluding carboxylic acids is 3. The molecule has 178 valence electrons. The lowest BCUT2D eigenvalue weighted by atomic mass is 10.00. The number of nitrogens with one attached hydrogen (secondary N) is 3. The van der Waals surface area contributed by atoms with Crippen molar-refractivity contribution in [3.63, 3.8) is 0 Å². The first kappa shape index (κ1) is 27.1. The zero-order chi connectivity index (χ0) is 24.4. The normalized spacial score (nSPS) is 14.9. The monoisotopic (exact) mass is 448 g/mol. The molecule has 3 amide bonds. The van der Waals surface area contributed by atoms with E-state index in [0.717, 1.165) is 5.56 Å². The van der Waals surface area contributed by atoms with Crippen molar-refractivity contribution in [2.75, 3.05) is 0 Å². The minimum Gasteiger partial charge on any atom is -0.480 e. The fourth-order valence-corrected chi connectivity index (χ4v) is 3.11. The maximum Gasteiger partial charge on any atom is 0.326 e. The molecule has 0 spiro atoms. The van der Waals surface area contributed by atoms with Crippen LogP contribution in [0.3, 0.4) is 0 Å². The largest absolute Gasteiger partial charge is 0.480 e. The molecule has 0 saturated carbocycles. The number of carboxylic acids is 1. The van der Waals surface area contributed by atoms with Crippen LogP contribution in [-0.4, -0.2) is 53.0 Å². The summed E-state index contributed by atoms with van der Waals surface area (Å²) in [6.07, 6.45) is 0.640. The molecule has 0 saturated heterocycles. The summed E-state index contributed by atoms with van der Waals surface area (Å²) >= 11 is 0. The van der Waals surface area contributed by atoms with E-state index in [9.17, 15) is 24.3 Å². The summed E-state index contributed by atoms with van der Waals surface area (Å²) in [6, 6.07) is 5.54. The van der Waals surface area contributed by atoms with Gasteiger partial charge in [-0.2, -0.15) is 0 Å². The number of rotatable bonds is 12. The molecular formula is C23H36N4O5. The van der Waals surface area contributed by atoms with Gasteiger partial charge < -0.3 is 26.8 Å². The molecule has 1 rings (SSSR count). The van der Waals surface area contributed by atoms with E-state index >= 15 is 0 Å². The second kappa shape index (κ2) is 12.8. The Bertz CT molecular complexity index is 782. The number of carboxylic acid groups (broad SMARTS) is 1. The maximum absolute atomic E-state index is 12.7. The fourth-order valence-electron chi connectivity index (χ4n) is 3.11. The third-order valence-electron chi connectivity index (χ3n) is 4.96. The summed E-state index contributed by atoms with van der Waals surface area (Å²) < 4.78 is 0. The van der Waals surface area contributed by atoms with Gasteiger partial charge in [0.15, 0.2) is 0 Å². The first-order chi connectivity index (χ1) is 14.9. The highest BCUT2D eigenvalue weighted by Crippen LogP contribution is 2.08. The molecule has 0 bridgehead atoms. The third-order valence-corrected chi connectivity index (χ3v) is 4.96. The second-order valence-electron chi connectivity index (χ2n) is 8.79. The lowest BCUT2D eigenvalue weighted by molar-refractivity contribution is -0.143. The summed E-state index contributed by atoms with van der Waals surface area (Å²) in [5, 5.41) is 17.0. The predicted octanol–water partition coefficient (Wildman–Crippen LogP) is 0.817. The molecule has 1 aromatic carbocycles. The zero-order valence-corrected chi connectivity index (χ0v) is 19.4. The summed E-state index contributed by atoms with van der Waals surface area (Å²) in [4.78, 5) is 49.1. The summed E-state index contributed by atoms with van der Waals surface area (Å²) in [6.45, 7) is 8.65. The molecule has 0 aromatic heterocycles. The van der Waals surface area contributed by atoms with E-state index in [1.54, 1.807) is 13.8 Å². The van der Waals surface area contributed by atoms with Crippen LogP contribution in [0.5, 0.6) is 0 Å². The summed E-state index contributed by atoms with van der Waals surface area (Å²) in [5.41, 5.74) is 6.86. The van der Waals surface area contributed by atoms with E-state index in [1.807, 2.05) is 44.2 Å². The molecule has 0 radical (unpaired) electrons. The van der Waals surface area contributed by atoms with Gasteiger partial charge in [-0.05, 0) is 37.2 Å². The van der Waals surface area contributed by atoms with E-state index in [0.29, 0.717) is 12.8 Å². The highest BCUT2D eigenvalue weighted by molar-refractivity contribution is 5.94. The van der Waals surface area contributed by atoms with Crippen molar-refractivity contribution in [2.24, 2.45) is 17.6 Å². The smallest absolute Gasteiger partial charge is 0.326 e. The van der Waals surface area contributed by atoms with Crippen molar-refractivity contribution < 1.29 is 24.3 Å². The van der Waals surface area contributed by atoms with Crippen molar-refractivity contribution >= 4 is 23.7 Å². The van der Waals surface area contributed by atoms with Crippen LogP contribution < -0.4 is 21.7 Å². The van der Waals surface area contributed by atoms with Crippen molar-refractivity contribution in [3.8, 4) is 0 Å². The van der Waals surface area contributed by atoms with Crippen LogP contribution in [0.2, 0.25) is 0 Å². The number of carbonyl (C=O) groups is 4. The molecule has 0 aliphatic heterocycles. The van der Waals surface area contributed by atoms with Crippen LogP contribution in [0.1, 0.15) is 46.6 Å². The molecule has 32 heavy (non-hydrogen) atoms. The third kappa shape index (κ3) is 9.05. The standard InChI is InChI=1S/C23H36N4O5/c1-13(2)11-18(22(30)27-19(14(3)4)23(31)32)26-20(28)15(5)25-21(29)17(24)12-16-9-7-6-8-10-16/h6-10,13-15,17-19H,11-12,24H2,1-5H3,(H,25,29)(H,26,28)(H,27,30)(H,31,32). The summed E-state index contributed by atoms with van der Waals surface area (Å²) in [7, 11) is 0. The number of hydrogen-bond acceptors (Lipinski definition) is 5. The van der Waals surface area contributed by atoms with Crippen LogP contribution in [0.15, 0.2) is 30.3 Å². The predicted molar refractivity (Wildman–Crippen MR) is 122 cm³/mol. The number of hydrogen-bond donors (Lipinski definition) is 5. The first-order valence-electron chi connectivity index (χ1n) is 10.9. The minimum absolute atomic E-state index is 0.0672. The Kier molecular flexibility index (Phi) is 10.8. The number of nitrogens with two attached hydrogens (primary N) is 1. The van der Waals surface area contributed by atoms with Crippen LogP contribution in [0.4, 0.5) is 0 Å². The Labute approximate surface area is 189 Å². The van der Waals surface area contributed by atoms with Gasteiger partial charge in [0.1, 0.15) is 18.1 Å². The molecule has 0 fully saturated rings. The summed E-state index contributed by atoms with van der Waals surface area (Å²) in [5.74, 6) is -3.01. The average molecular weight is 449 g/mol. The van der Waals surface area contributed by atoms with Crippen molar-refractivity contribution in [1.82, 2.24) is 16.0 Å². The van der Waals surface area contributed by atoms with Crippen LogP contribution >= 0.6 is 0 Å². The van der Waals surface area contributed by atoms with Gasteiger partial charge in [-0.15, -0.1) is 0 Å². The molecule has 6 N–H and O–H groups in total. The fraction of sp³-hybridized carbons (Fsp3) is 0.565. The van der Waals surface area contributed by atoms with Gasteiger partial charge in [0.25, 0.3) is 0 Å². The highest BCUT2D eigenvalue weighted by atomic mass is 16.4. The van der Waals surface area contributed by atoms with Crippen LogP contribution in [0.25, 0.3) is 0 Å². The van der Waals surface area contributed by atoms with Gasteiger partial charge in [0.05, 0.1) is 6.04 Å². The van der Waals surface area contributed by atoms with E-state index in [-0.39, 0.29) is 11.8 Å². The first-order valence-corrected chi connectivity index (χ1v) is 10.9. The van der Waals surface area contributed by atoms with Crippen molar-refractivity contribution in [1.29, 1.82) is 0 Å². The van der Waals surface area contributed by atoms with Gasteiger partial charge >= 0.3 is 5.97 Å². The molecule has 1 aromatic rings. The van der Waals surface area contributed by atoms with Gasteiger partial charge in [-0.3, -0.25) is 14.4 Å². The molecule has 9 nitrogen and oxygen atoms in total. The van der Waals surface area contributed by atoms with Crippen molar-refractivity contribution in [2.45, 2.75) is 71.6 Å². The topological polar surface area (TPSA) is 151 Å². The molecule has 0 aliphatic carbocycles. The number of aliphatic carboxylic acids is 1. The lowest BCUT2D eigenvalue weighted by Gasteiger charge is -2.25. The molecule has 9 heteroatoms. The highest BCUT2D eigenvalue weighted by Gasteiger charge is 2.30. The van der Waals surface area contributed by atoms with E-state index in [2.05, 4.69) is 16.0 Å². The van der Waals surface area contributed by atoms with Crippen LogP contribution in [0, 0.1) is 11.8 Å². The molecule has 0 heterocycles. The Morgan fingerprint density at radius 2 is 1.47 bits per heavy atom. The van der Waals surface area contributed by atoms with E-state index < -0.39 is 47.9 Å². The lowest BCUT2D eigenvalue weighted by Crippen LogP contribution is -2.57. The Balaban J connectivity index is 2.74. The Hall–Kier alpha value is -2.94. The van der Waals surface area contributed by atoms with Crippen molar-refractivity contribution in [3.05, 3.63) is 35.9 Å². The molecule has 0 aliphatic rings. The number of amides is 3. The Morgan fingerprint density at radius 1 is 0.875 bits per heavy atom. The van der Waals surface area contributed by atoms with Crippen LogP contribution in [-0.2, 0) is 25.6 Å². The van der Waals surface area contributed by atoms with E-state index in [1.165, 1.54) is 6.92 Å². The zero-order valence-electron chi connectivity index (χ0n) is 19.4. The van der Waals surface area contributed by atoms with Gasteiger partial charge in [-0.25, -0.2) is 4.79 Å². The Morgan fingerprint density at radius 3 is 1.97 bits per heavy atom.